The lowest BCUT2D eigenvalue weighted by molar-refractivity contribution is 0.661. The highest BCUT2D eigenvalue weighted by molar-refractivity contribution is 6.23. The van der Waals surface area contributed by atoms with E-state index in [0.29, 0.717) is 17.5 Å². The van der Waals surface area contributed by atoms with E-state index in [1.54, 1.807) is 0 Å². The first-order valence-corrected chi connectivity index (χ1v) is 21.0. The zero-order chi connectivity index (χ0) is 40.7. The second kappa shape index (κ2) is 13.7. The van der Waals surface area contributed by atoms with Crippen LogP contribution < -0.4 is 0 Å². The van der Waals surface area contributed by atoms with Crippen molar-refractivity contribution in [1.29, 1.82) is 0 Å². The van der Waals surface area contributed by atoms with Crippen LogP contribution >= 0.6 is 0 Å². The molecule has 0 bridgehead atoms. The van der Waals surface area contributed by atoms with Crippen LogP contribution in [0.25, 0.3) is 111 Å². The molecule has 0 saturated carbocycles. The zero-order valence-electron chi connectivity index (χ0n) is 33.9. The van der Waals surface area contributed by atoms with Crippen LogP contribution in [0.3, 0.4) is 0 Å². The van der Waals surface area contributed by atoms with Gasteiger partial charge in [-0.3, -0.25) is 0 Å². The lowest BCUT2D eigenvalue weighted by Gasteiger charge is -2.24. The molecule has 286 valence electrons. The normalized spacial score (nSPS) is 12.9. The lowest BCUT2D eigenvalue weighted by Crippen LogP contribution is -2.17. The second-order valence-corrected chi connectivity index (χ2v) is 16.7. The van der Waals surface area contributed by atoms with Gasteiger partial charge in [0.25, 0.3) is 0 Å². The van der Waals surface area contributed by atoms with Gasteiger partial charge in [-0.25, -0.2) is 15.0 Å². The van der Waals surface area contributed by atoms with E-state index in [4.69, 9.17) is 15.0 Å². The maximum absolute atomic E-state index is 5.47. The number of fused-ring (bicyclic) bond motifs is 8. The van der Waals surface area contributed by atoms with Gasteiger partial charge in [-0.05, 0) is 99.7 Å². The fourth-order valence-corrected chi connectivity index (χ4v) is 10.1. The summed E-state index contributed by atoms with van der Waals surface area (Å²) in [5.74, 6) is 1.96. The summed E-state index contributed by atoms with van der Waals surface area (Å²) < 4.78 is 0. The van der Waals surface area contributed by atoms with Gasteiger partial charge in [-0.15, -0.1) is 0 Å². The quantitative estimate of drug-likeness (QED) is 0.129. The molecule has 12 rings (SSSR count). The Kier molecular flexibility index (Phi) is 7.88. The van der Waals surface area contributed by atoms with Crippen LogP contribution in [0.4, 0.5) is 0 Å². The van der Waals surface area contributed by atoms with Crippen LogP contribution in [0.5, 0.6) is 0 Å². The SMILES string of the molecule is CC1(C)c2ccccc2-c2cccc(-c3nc(-c4ccccc4-c4ccccc4)nc(-c4ccc(-c5c6ccccc6cc6c5ccc5ccccc56)c5ccccc45)n3)c21. The summed E-state index contributed by atoms with van der Waals surface area (Å²) >= 11 is 0. The first kappa shape index (κ1) is 35.2. The predicted octanol–water partition coefficient (Wildman–Crippen LogP) is 15.1. The maximum Gasteiger partial charge on any atom is 0.164 e. The van der Waals surface area contributed by atoms with E-state index in [2.05, 4.69) is 214 Å². The molecule has 1 heterocycles. The Morgan fingerprint density at radius 2 is 0.852 bits per heavy atom. The first-order valence-electron chi connectivity index (χ1n) is 21.0. The summed E-state index contributed by atoms with van der Waals surface area (Å²) in [6, 6.07) is 72.0. The Bertz CT molecular complexity index is 3570. The summed E-state index contributed by atoms with van der Waals surface area (Å²) in [6.07, 6.45) is 0. The molecule has 0 saturated heterocycles. The fourth-order valence-electron chi connectivity index (χ4n) is 10.1. The van der Waals surface area contributed by atoms with Crippen LogP contribution in [0, 0.1) is 0 Å². The summed E-state index contributed by atoms with van der Waals surface area (Å²) in [6.45, 7) is 4.64. The van der Waals surface area contributed by atoms with Gasteiger partial charge in [0.05, 0.1) is 0 Å². The third kappa shape index (κ3) is 5.47. The van der Waals surface area contributed by atoms with Gasteiger partial charge in [0.15, 0.2) is 17.5 Å². The van der Waals surface area contributed by atoms with Crippen molar-refractivity contribution in [3.8, 4) is 67.5 Å². The molecule has 11 aromatic rings. The number of nitrogens with zero attached hydrogens (tertiary/aromatic N) is 3. The van der Waals surface area contributed by atoms with Gasteiger partial charge >= 0.3 is 0 Å². The maximum atomic E-state index is 5.47. The van der Waals surface area contributed by atoms with Crippen molar-refractivity contribution >= 4 is 43.1 Å². The van der Waals surface area contributed by atoms with Gasteiger partial charge in [-0.2, -0.15) is 0 Å². The van der Waals surface area contributed by atoms with Crippen LogP contribution in [0.2, 0.25) is 0 Å². The van der Waals surface area contributed by atoms with E-state index in [0.717, 1.165) is 38.6 Å². The van der Waals surface area contributed by atoms with Gasteiger partial charge in [0.2, 0.25) is 0 Å². The molecule has 1 aliphatic carbocycles. The van der Waals surface area contributed by atoms with Crippen molar-refractivity contribution in [2.75, 3.05) is 0 Å². The van der Waals surface area contributed by atoms with Crippen LogP contribution in [0.1, 0.15) is 25.0 Å². The molecule has 0 atom stereocenters. The monoisotopic (exact) mass is 777 g/mol. The van der Waals surface area contributed by atoms with Gasteiger partial charge < -0.3 is 0 Å². The molecule has 0 amide bonds. The van der Waals surface area contributed by atoms with Crippen molar-refractivity contribution in [2.24, 2.45) is 0 Å². The highest BCUT2D eigenvalue weighted by Gasteiger charge is 2.38. The number of hydrogen-bond donors (Lipinski definition) is 0. The Hall–Kier alpha value is -7.75. The first-order chi connectivity index (χ1) is 30.0. The van der Waals surface area contributed by atoms with E-state index in [-0.39, 0.29) is 5.41 Å². The summed E-state index contributed by atoms with van der Waals surface area (Å²) in [4.78, 5) is 16.3. The fraction of sp³-hybridized carbons (Fsp3) is 0.0517. The number of benzene rings is 10. The number of rotatable bonds is 5. The van der Waals surface area contributed by atoms with Crippen molar-refractivity contribution in [3.63, 3.8) is 0 Å². The molecular formula is C58H39N3. The van der Waals surface area contributed by atoms with E-state index >= 15 is 0 Å². The lowest BCUT2D eigenvalue weighted by atomic mass is 9.80. The summed E-state index contributed by atoms with van der Waals surface area (Å²) in [5, 5.41) is 9.67. The van der Waals surface area contributed by atoms with Crippen LogP contribution in [-0.2, 0) is 5.41 Å². The third-order valence-corrected chi connectivity index (χ3v) is 12.9. The number of aromatic nitrogens is 3. The largest absolute Gasteiger partial charge is 0.208 e. The molecule has 1 aliphatic rings. The standard InChI is InChI=1S/C58H39N3/c1-58(2)52-30-15-14-26-44(52)47-28-16-29-50(54(47)58)57-60-55(48-27-13-10-21-39(48)36-17-4-3-5-18-36)59-56(61-57)49-34-33-45(42-24-11-12-25-43(42)49)53-41-23-9-7-20-38(41)35-51-40-22-8-6-19-37(40)31-32-46(51)53/h3-35H,1-2H3. The number of hydrogen-bond acceptors (Lipinski definition) is 3. The average molecular weight is 778 g/mol. The van der Waals surface area contributed by atoms with E-state index < -0.39 is 0 Å². The van der Waals surface area contributed by atoms with Crippen molar-refractivity contribution in [2.45, 2.75) is 19.3 Å². The van der Waals surface area contributed by atoms with Crippen molar-refractivity contribution in [1.82, 2.24) is 15.0 Å². The van der Waals surface area contributed by atoms with Gasteiger partial charge in [0, 0.05) is 22.1 Å². The molecule has 1 aromatic heterocycles. The van der Waals surface area contributed by atoms with Gasteiger partial charge in [0.1, 0.15) is 0 Å². The van der Waals surface area contributed by atoms with Crippen molar-refractivity contribution < 1.29 is 0 Å². The molecule has 0 spiro atoms. The molecule has 0 aliphatic heterocycles. The molecule has 0 unspecified atom stereocenters. The van der Waals surface area contributed by atoms with Crippen molar-refractivity contribution in [3.05, 3.63) is 211 Å². The summed E-state index contributed by atoms with van der Waals surface area (Å²) in [7, 11) is 0. The molecule has 10 aromatic carbocycles. The Labute approximate surface area is 354 Å². The van der Waals surface area contributed by atoms with E-state index in [1.807, 2.05) is 0 Å². The Morgan fingerprint density at radius 3 is 1.64 bits per heavy atom. The Morgan fingerprint density at radius 1 is 0.311 bits per heavy atom. The Balaban J connectivity index is 1.13. The predicted molar refractivity (Wildman–Crippen MR) is 255 cm³/mol. The van der Waals surface area contributed by atoms with E-state index in [9.17, 15) is 0 Å². The molecule has 0 N–H and O–H groups in total. The third-order valence-electron chi connectivity index (χ3n) is 12.9. The molecule has 0 radical (unpaired) electrons. The minimum absolute atomic E-state index is 0.252. The second-order valence-electron chi connectivity index (χ2n) is 16.7. The smallest absolute Gasteiger partial charge is 0.164 e. The summed E-state index contributed by atoms with van der Waals surface area (Å²) in [5.41, 5.74) is 12.4. The zero-order valence-corrected chi connectivity index (χ0v) is 33.9. The highest BCUT2D eigenvalue weighted by Crippen LogP contribution is 2.52. The molecule has 0 fully saturated rings. The molecule has 3 nitrogen and oxygen atoms in total. The molecular weight excluding hydrogens is 739 g/mol. The molecule has 61 heavy (non-hydrogen) atoms. The van der Waals surface area contributed by atoms with Crippen LogP contribution in [0.15, 0.2) is 200 Å². The van der Waals surface area contributed by atoms with E-state index in [1.165, 1.54) is 65.7 Å². The minimum Gasteiger partial charge on any atom is -0.208 e. The minimum atomic E-state index is -0.252. The van der Waals surface area contributed by atoms with Gasteiger partial charge in [-0.1, -0.05) is 202 Å². The van der Waals surface area contributed by atoms with Crippen LogP contribution in [-0.4, -0.2) is 15.0 Å². The average Bonchev–Trinajstić information content (AvgIpc) is 3.56. The molecule has 3 heteroatoms. The highest BCUT2D eigenvalue weighted by atomic mass is 15.0. The topological polar surface area (TPSA) is 38.7 Å².